The molecule has 0 unspecified atom stereocenters. The molecule has 2 aromatic rings. The van der Waals surface area contributed by atoms with Gasteiger partial charge in [-0.2, -0.15) is 5.10 Å². The van der Waals surface area contributed by atoms with E-state index in [0.29, 0.717) is 24.7 Å². The van der Waals surface area contributed by atoms with Crippen molar-refractivity contribution in [3.8, 4) is 0 Å². The van der Waals surface area contributed by atoms with Gasteiger partial charge in [0.15, 0.2) is 0 Å². The fraction of sp³-hybridized carbons (Fsp3) is 0.444. The van der Waals surface area contributed by atoms with Crippen molar-refractivity contribution in [2.24, 2.45) is 0 Å². The van der Waals surface area contributed by atoms with Crippen LogP contribution in [0.25, 0.3) is 0 Å². The number of aryl methyl sites for hydroxylation is 1. The van der Waals surface area contributed by atoms with Gasteiger partial charge in [0.25, 0.3) is 5.91 Å². The van der Waals surface area contributed by atoms with E-state index in [1.807, 2.05) is 42.8 Å². The van der Waals surface area contributed by atoms with Gasteiger partial charge in [0.1, 0.15) is 0 Å². The lowest BCUT2D eigenvalue weighted by Gasteiger charge is -2.09. The average Bonchev–Trinajstić information content (AvgIpc) is 3.34. The quantitative estimate of drug-likeness (QED) is 0.726. The normalized spacial score (nSPS) is 13.8. The summed E-state index contributed by atoms with van der Waals surface area (Å²) in [6, 6.07) is 7.91. The van der Waals surface area contributed by atoms with Gasteiger partial charge in [0.2, 0.25) is 0 Å². The zero-order chi connectivity index (χ0) is 17.1. The van der Waals surface area contributed by atoms with E-state index in [0.717, 1.165) is 35.5 Å². The van der Waals surface area contributed by atoms with Crippen LogP contribution in [0.1, 0.15) is 40.2 Å². The number of benzene rings is 1. The minimum Gasteiger partial charge on any atom is -0.394 e. The van der Waals surface area contributed by atoms with Gasteiger partial charge in [-0.25, -0.2) is 0 Å². The summed E-state index contributed by atoms with van der Waals surface area (Å²) in [5.41, 5.74) is 4.72. The highest BCUT2D eigenvalue weighted by atomic mass is 16.3. The van der Waals surface area contributed by atoms with Gasteiger partial charge in [-0.05, 0) is 44.9 Å². The number of carbonyl (C=O) groups excluding carboxylic acids is 1. The van der Waals surface area contributed by atoms with E-state index in [9.17, 15) is 4.79 Å². The van der Waals surface area contributed by atoms with Crippen LogP contribution < -0.4 is 10.6 Å². The van der Waals surface area contributed by atoms with Gasteiger partial charge >= 0.3 is 0 Å². The summed E-state index contributed by atoms with van der Waals surface area (Å²) in [5.74, 6) is -0.00993. The summed E-state index contributed by atoms with van der Waals surface area (Å²) in [6.07, 6.45) is 2.17. The Kier molecular flexibility index (Phi) is 4.85. The number of rotatable bonds is 7. The molecule has 1 saturated carbocycles. The van der Waals surface area contributed by atoms with Gasteiger partial charge in [0.05, 0.1) is 18.8 Å². The first-order valence-electron chi connectivity index (χ1n) is 8.37. The number of aliphatic hydroxyl groups excluding tert-OH is 1. The van der Waals surface area contributed by atoms with Crippen molar-refractivity contribution >= 4 is 11.6 Å². The minimum atomic E-state index is -0.00993. The zero-order valence-corrected chi connectivity index (χ0v) is 14.2. The van der Waals surface area contributed by atoms with Crippen LogP contribution in [-0.2, 0) is 13.1 Å². The molecule has 0 spiro atoms. The molecule has 1 heterocycles. The van der Waals surface area contributed by atoms with Crippen LogP contribution >= 0.6 is 0 Å². The summed E-state index contributed by atoms with van der Waals surface area (Å²) >= 11 is 0. The van der Waals surface area contributed by atoms with Crippen molar-refractivity contribution in [1.82, 2.24) is 15.1 Å². The van der Waals surface area contributed by atoms with Gasteiger partial charge in [-0.1, -0.05) is 6.07 Å². The standard InChI is InChI=1S/C18H24N4O2/c1-12-17(13(2)22(21-12)8-9-23)11-19-16-5-3-4-14(10-16)18(24)20-15-6-7-15/h3-5,10,15,19,23H,6-9,11H2,1-2H3,(H,20,24). The van der Waals surface area contributed by atoms with Crippen molar-refractivity contribution in [1.29, 1.82) is 0 Å². The van der Waals surface area contributed by atoms with Gasteiger partial charge in [0, 0.05) is 35.1 Å². The van der Waals surface area contributed by atoms with Crippen LogP contribution in [0.2, 0.25) is 0 Å². The van der Waals surface area contributed by atoms with Crippen LogP contribution in [0.3, 0.4) is 0 Å². The molecule has 0 saturated heterocycles. The molecular weight excluding hydrogens is 304 g/mol. The molecule has 0 bridgehead atoms. The molecule has 0 aliphatic heterocycles. The lowest BCUT2D eigenvalue weighted by Crippen LogP contribution is -2.25. The van der Waals surface area contributed by atoms with Crippen molar-refractivity contribution in [2.45, 2.75) is 45.8 Å². The maximum absolute atomic E-state index is 12.1. The Hall–Kier alpha value is -2.34. The number of hydrogen-bond acceptors (Lipinski definition) is 4. The highest BCUT2D eigenvalue weighted by Gasteiger charge is 2.23. The molecule has 1 fully saturated rings. The molecule has 3 N–H and O–H groups in total. The maximum Gasteiger partial charge on any atom is 0.251 e. The Morgan fingerprint density at radius 2 is 2.17 bits per heavy atom. The molecule has 24 heavy (non-hydrogen) atoms. The summed E-state index contributed by atoms with van der Waals surface area (Å²) < 4.78 is 1.83. The first kappa shape index (κ1) is 16.5. The number of amides is 1. The molecule has 1 aliphatic rings. The number of aliphatic hydroxyl groups is 1. The predicted molar refractivity (Wildman–Crippen MR) is 93.0 cm³/mol. The number of nitrogens with zero attached hydrogens (tertiary/aromatic N) is 2. The molecule has 128 valence electrons. The number of aromatic nitrogens is 2. The van der Waals surface area contributed by atoms with Crippen molar-refractivity contribution in [3.63, 3.8) is 0 Å². The Bertz CT molecular complexity index is 735. The van der Waals surface area contributed by atoms with E-state index < -0.39 is 0 Å². The smallest absolute Gasteiger partial charge is 0.251 e. The summed E-state index contributed by atoms with van der Waals surface area (Å²) in [7, 11) is 0. The van der Waals surface area contributed by atoms with Crippen LogP contribution in [0.5, 0.6) is 0 Å². The molecule has 1 aromatic carbocycles. The van der Waals surface area contributed by atoms with Crippen LogP contribution in [-0.4, -0.2) is 33.4 Å². The third-order valence-electron chi connectivity index (χ3n) is 4.35. The number of nitrogens with one attached hydrogen (secondary N) is 2. The van der Waals surface area contributed by atoms with E-state index in [2.05, 4.69) is 15.7 Å². The predicted octanol–water partition coefficient (Wildman–Crippen LogP) is 2.00. The highest BCUT2D eigenvalue weighted by molar-refractivity contribution is 5.95. The molecule has 6 nitrogen and oxygen atoms in total. The molecule has 3 rings (SSSR count). The van der Waals surface area contributed by atoms with Crippen molar-refractivity contribution in [3.05, 3.63) is 46.8 Å². The van der Waals surface area contributed by atoms with Gasteiger partial charge in [-0.3, -0.25) is 9.48 Å². The van der Waals surface area contributed by atoms with E-state index in [1.165, 1.54) is 0 Å². The highest BCUT2D eigenvalue weighted by Crippen LogP contribution is 2.20. The SMILES string of the molecule is Cc1nn(CCO)c(C)c1CNc1cccc(C(=O)NC2CC2)c1. The minimum absolute atomic E-state index is 0.00993. The second-order valence-corrected chi connectivity index (χ2v) is 6.28. The molecule has 1 aromatic heterocycles. The van der Waals surface area contributed by atoms with E-state index >= 15 is 0 Å². The van der Waals surface area contributed by atoms with Crippen LogP contribution in [0.15, 0.2) is 24.3 Å². The first-order chi connectivity index (χ1) is 11.6. The molecule has 0 atom stereocenters. The monoisotopic (exact) mass is 328 g/mol. The second kappa shape index (κ2) is 7.05. The van der Waals surface area contributed by atoms with Crippen LogP contribution in [0.4, 0.5) is 5.69 Å². The Balaban J connectivity index is 1.67. The van der Waals surface area contributed by atoms with Gasteiger partial charge in [-0.15, -0.1) is 0 Å². The average molecular weight is 328 g/mol. The van der Waals surface area contributed by atoms with Crippen molar-refractivity contribution in [2.75, 3.05) is 11.9 Å². The molecular formula is C18H24N4O2. The molecule has 1 amide bonds. The summed E-state index contributed by atoms with van der Waals surface area (Å²) in [4.78, 5) is 12.1. The number of hydrogen-bond donors (Lipinski definition) is 3. The Morgan fingerprint density at radius 1 is 1.38 bits per heavy atom. The lowest BCUT2D eigenvalue weighted by molar-refractivity contribution is 0.0951. The van der Waals surface area contributed by atoms with Crippen LogP contribution in [0, 0.1) is 13.8 Å². The second-order valence-electron chi connectivity index (χ2n) is 6.28. The lowest BCUT2D eigenvalue weighted by atomic mass is 10.1. The van der Waals surface area contributed by atoms with Crippen molar-refractivity contribution < 1.29 is 9.90 Å². The molecule has 1 aliphatic carbocycles. The molecule has 6 heteroatoms. The maximum atomic E-state index is 12.1. The fourth-order valence-electron chi connectivity index (χ4n) is 2.76. The number of anilines is 1. The third kappa shape index (κ3) is 3.76. The van der Waals surface area contributed by atoms with E-state index in [1.54, 1.807) is 0 Å². The first-order valence-corrected chi connectivity index (χ1v) is 8.37. The summed E-state index contributed by atoms with van der Waals surface area (Å²) in [6.45, 7) is 5.19. The Morgan fingerprint density at radius 3 is 2.88 bits per heavy atom. The molecule has 0 radical (unpaired) electrons. The Labute approximate surface area is 141 Å². The van der Waals surface area contributed by atoms with E-state index in [4.69, 9.17) is 5.11 Å². The summed E-state index contributed by atoms with van der Waals surface area (Å²) in [5, 5.41) is 19.9. The fourth-order valence-corrected chi connectivity index (χ4v) is 2.76. The van der Waals surface area contributed by atoms with Gasteiger partial charge < -0.3 is 15.7 Å². The zero-order valence-electron chi connectivity index (χ0n) is 14.2. The topological polar surface area (TPSA) is 79.2 Å². The van der Waals surface area contributed by atoms with E-state index in [-0.39, 0.29) is 12.5 Å². The number of carbonyl (C=O) groups is 1. The largest absolute Gasteiger partial charge is 0.394 e. The third-order valence-corrected chi connectivity index (χ3v) is 4.35.